The molecule has 6 nitrogen and oxygen atoms in total. The lowest BCUT2D eigenvalue weighted by atomic mass is 10.2. The van der Waals surface area contributed by atoms with E-state index < -0.39 is 4.92 Å². The third kappa shape index (κ3) is 4.06. The molecular weight excluding hydrogens is 378 g/mol. The molecule has 0 amide bonds. The van der Waals surface area contributed by atoms with E-state index in [2.05, 4.69) is 5.10 Å². The fourth-order valence-electron chi connectivity index (χ4n) is 2.18. The predicted molar refractivity (Wildman–Crippen MR) is 101 cm³/mol. The van der Waals surface area contributed by atoms with Gasteiger partial charge < -0.3 is 4.74 Å². The maximum Gasteiger partial charge on any atom is 0.270 e. The Labute approximate surface area is 157 Å². The van der Waals surface area contributed by atoms with E-state index in [9.17, 15) is 10.1 Å². The number of benzene rings is 2. The van der Waals surface area contributed by atoms with Crippen molar-refractivity contribution in [1.29, 1.82) is 0 Å². The lowest BCUT2D eigenvalue weighted by Crippen LogP contribution is -1.96. The van der Waals surface area contributed by atoms with Crippen molar-refractivity contribution in [3.8, 4) is 11.4 Å². The van der Waals surface area contributed by atoms with E-state index in [0.717, 1.165) is 15.6 Å². The standard InChI is InChI=1S/C16H13N3O3S3/c1-22-14-8-7-13(19(20)21)9-11(14)10-24-15-17-18(16(23)25-15)12-5-3-2-4-6-12/h2-9H,10H2,1H3. The third-order valence-corrected chi connectivity index (χ3v) is 5.77. The van der Waals surface area contributed by atoms with Gasteiger partial charge in [0.25, 0.3) is 5.69 Å². The number of nitro benzene ring substituents is 1. The van der Waals surface area contributed by atoms with Crippen molar-refractivity contribution in [3.63, 3.8) is 0 Å². The van der Waals surface area contributed by atoms with Gasteiger partial charge in [-0.05, 0) is 30.4 Å². The number of hydrogen-bond donors (Lipinski definition) is 0. The molecule has 128 valence electrons. The van der Waals surface area contributed by atoms with Gasteiger partial charge in [-0.3, -0.25) is 10.1 Å². The van der Waals surface area contributed by atoms with Gasteiger partial charge in [0.1, 0.15) is 5.75 Å². The van der Waals surface area contributed by atoms with Crippen LogP contribution in [-0.4, -0.2) is 21.8 Å². The van der Waals surface area contributed by atoms with Gasteiger partial charge in [0.15, 0.2) is 8.29 Å². The van der Waals surface area contributed by atoms with Gasteiger partial charge in [0.2, 0.25) is 0 Å². The van der Waals surface area contributed by atoms with Crippen LogP contribution in [0.1, 0.15) is 5.56 Å². The number of nitro groups is 1. The van der Waals surface area contributed by atoms with Crippen LogP contribution in [0.4, 0.5) is 5.69 Å². The Morgan fingerprint density at radius 1 is 1.32 bits per heavy atom. The van der Waals surface area contributed by atoms with Crippen LogP contribution < -0.4 is 4.74 Å². The quantitative estimate of drug-likeness (QED) is 0.258. The van der Waals surface area contributed by atoms with Gasteiger partial charge in [-0.1, -0.05) is 41.3 Å². The molecule has 1 aromatic heterocycles. The van der Waals surface area contributed by atoms with Crippen molar-refractivity contribution in [3.05, 3.63) is 68.2 Å². The lowest BCUT2D eigenvalue weighted by molar-refractivity contribution is -0.384. The highest BCUT2D eigenvalue weighted by molar-refractivity contribution is 8.00. The molecule has 0 atom stereocenters. The molecule has 3 aromatic rings. The van der Waals surface area contributed by atoms with Crippen LogP contribution in [0, 0.1) is 14.1 Å². The summed E-state index contributed by atoms with van der Waals surface area (Å²) in [6.45, 7) is 0. The van der Waals surface area contributed by atoms with E-state index in [1.54, 1.807) is 17.9 Å². The summed E-state index contributed by atoms with van der Waals surface area (Å²) in [4.78, 5) is 10.5. The number of aromatic nitrogens is 2. The second kappa shape index (κ2) is 7.77. The molecule has 0 spiro atoms. The first-order valence-corrected chi connectivity index (χ1v) is 9.39. The second-order valence-corrected chi connectivity index (χ2v) is 7.77. The van der Waals surface area contributed by atoms with E-state index in [1.807, 2.05) is 30.3 Å². The average Bonchev–Trinajstić information content (AvgIpc) is 3.01. The molecule has 0 aliphatic rings. The van der Waals surface area contributed by atoms with Crippen LogP contribution in [0.15, 0.2) is 52.9 Å². The third-order valence-electron chi connectivity index (χ3n) is 3.36. The van der Waals surface area contributed by atoms with Crippen LogP contribution in [-0.2, 0) is 5.75 Å². The van der Waals surface area contributed by atoms with Crippen molar-refractivity contribution in [1.82, 2.24) is 9.78 Å². The summed E-state index contributed by atoms with van der Waals surface area (Å²) in [5, 5.41) is 15.5. The Morgan fingerprint density at radius 2 is 2.08 bits per heavy atom. The fourth-order valence-corrected chi connectivity index (χ4v) is 4.52. The summed E-state index contributed by atoms with van der Waals surface area (Å²) in [5.41, 5.74) is 1.69. The number of para-hydroxylation sites is 1. The topological polar surface area (TPSA) is 70.2 Å². The first-order chi connectivity index (χ1) is 12.1. The van der Waals surface area contributed by atoms with E-state index in [4.69, 9.17) is 17.0 Å². The Morgan fingerprint density at radius 3 is 2.76 bits per heavy atom. The molecule has 0 aliphatic carbocycles. The van der Waals surface area contributed by atoms with E-state index in [-0.39, 0.29) is 5.69 Å². The number of hydrogen-bond acceptors (Lipinski definition) is 7. The Hall–Kier alpha value is -2.23. The van der Waals surface area contributed by atoms with Gasteiger partial charge in [-0.25, -0.2) is 4.68 Å². The summed E-state index contributed by atoms with van der Waals surface area (Å²) >= 11 is 8.26. The van der Waals surface area contributed by atoms with Gasteiger partial charge in [-0.15, -0.1) is 5.10 Å². The second-order valence-electron chi connectivity index (χ2n) is 4.92. The molecule has 0 bridgehead atoms. The minimum absolute atomic E-state index is 0.0406. The van der Waals surface area contributed by atoms with Crippen molar-refractivity contribution in [2.75, 3.05) is 7.11 Å². The number of thioether (sulfide) groups is 1. The maximum absolute atomic E-state index is 11.0. The first kappa shape index (κ1) is 17.6. The minimum Gasteiger partial charge on any atom is -0.496 e. The molecule has 0 radical (unpaired) electrons. The summed E-state index contributed by atoms with van der Waals surface area (Å²) in [5.74, 6) is 1.12. The van der Waals surface area contributed by atoms with E-state index in [1.165, 1.54) is 35.2 Å². The molecule has 0 saturated heterocycles. The first-order valence-electron chi connectivity index (χ1n) is 7.18. The van der Waals surface area contributed by atoms with Crippen LogP contribution in [0.5, 0.6) is 5.75 Å². The molecule has 3 rings (SSSR count). The molecule has 0 unspecified atom stereocenters. The fraction of sp³-hybridized carbons (Fsp3) is 0.125. The molecule has 2 aromatic carbocycles. The van der Waals surface area contributed by atoms with Crippen LogP contribution in [0.2, 0.25) is 0 Å². The number of ether oxygens (including phenoxy) is 1. The zero-order valence-electron chi connectivity index (χ0n) is 13.1. The monoisotopic (exact) mass is 391 g/mol. The van der Waals surface area contributed by atoms with E-state index in [0.29, 0.717) is 15.5 Å². The molecular formula is C16H13N3O3S3. The van der Waals surface area contributed by atoms with Crippen molar-refractivity contribution in [2.45, 2.75) is 10.1 Å². The molecule has 0 saturated carbocycles. The zero-order valence-corrected chi connectivity index (χ0v) is 15.6. The Bertz CT molecular complexity index is 954. The molecule has 0 fully saturated rings. The number of methoxy groups -OCH3 is 1. The Balaban J connectivity index is 1.82. The smallest absolute Gasteiger partial charge is 0.270 e. The SMILES string of the molecule is COc1ccc([N+](=O)[O-])cc1CSc1nn(-c2ccccc2)c(=S)s1. The summed E-state index contributed by atoms with van der Waals surface area (Å²) < 4.78 is 8.45. The van der Waals surface area contributed by atoms with Crippen LogP contribution >= 0.6 is 35.3 Å². The van der Waals surface area contributed by atoms with Crippen molar-refractivity contribution >= 4 is 41.0 Å². The summed E-state index contributed by atoms with van der Waals surface area (Å²) in [6, 6.07) is 14.2. The van der Waals surface area contributed by atoms with E-state index >= 15 is 0 Å². The largest absolute Gasteiger partial charge is 0.496 e. The minimum atomic E-state index is -0.415. The molecule has 9 heteroatoms. The molecule has 0 aliphatic heterocycles. The number of nitrogens with zero attached hydrogens (tertiary/aromatic N) is 3. The van der Waals surface area contributed by atoms with Gasteiger partial charge in [-0.2, -0.15) is 0 Å². The van der Waals surface area contributed by atoms with Gasteiger partial charge >= 0.3 is 0 Å². The van der Waals surface area contributed by atoms with Crippen LogP contribution in [0.25, 0.3) is 5.69 Å². The summed E-state index contributed by atoms with van der Waals surface area (Å²) in [6.07, 6.45) is 0. The maximum atomic E-state index is 11.0. The van der Waals surface area contributed by atoms with Crippen LogP contribution in [0.3, 0.4) is 0 Å². The average molecular weight is 391 g/mol. The van der Waals surface area contributed by atoms with Gasteiger partial charge in [0, 0.05) is 23.4 Å². The highest BCUT2D eigenvalue weighted by Gasteiger charge is 2.13. The summed E-state index contributed by atoms with van der Waals surface area (Å²) in [7, 11) is 1.55. The van der Waals surface area contributed by atoms with Crippen molar-refractivity contribution < 1.29 is 9.66 Å². The lowest BCUT2D eigenvalue weighted by Gasteiger charge is -2.07. The molecule has 0 N–H and O–H groups in total. The molecule has 1 heterocycles. The number of non-ortho nitro benzene ring substituents is 1. The number of rotatable bonds is 6. The normalized spacial score (nSPS) is 10.6. The highest BCUT2D eigenvalue weighted by Crippen LogP contribution is 2.32. The zero-order chi connectivity index (χ0) is 17.8. The predicted octanol–water partition coefficient (Wildman–Crippen LogP) is 4.87. The van der Waals surface area contributed by atoms with Crippen molar-refractivity contribution in [2.24, 2.45) is 0 Å². The molecule has 25 heavy (non-hydrogen) atoms. The van der Waals surface area contributed by atoms with Gasteiger partial charge in [0.05, 0.1) is 17.7 Å². The highest BCUT2D eigenvalue weighted by atomic mass is 32.2. The Kier molecular flexibility index (Phi) is 5.47.